The Labute approximate surface area is 155 Å². The van der Waals surface area contributed by atoms with Gasteiger partial charge in [0, 0.05) is 6.07 Å². The number of esters is 1. The maximum Gasteiger partial charge on any atom is 0.338 e. The zero-order chi connectivity index (χ0) is 18.6. The monoisotopic (exact) mass is 382 g/mol. The van der Waals surface area contributed by atoms with Gasteiger partial charge in [-0.1, -0.05) is 11.6 Å². The molecule has 0 saturated heterocycles. The van der Waals surface area contributed by atoms with Crippen LogP contribution in [0.1, 0.15) is 42.5 Å². The van der Waals surface area contributed by atoms with E-state index in [0.717, 1.165) is 31.4 Å². The summed E-state index contributed by atoms with van der Waals surface area (Å²) in [6, 6.07) is 2.13. The molecule has 0 amide bonds. The molecule has 5 rings (SSSR count). The van der Waals surface area contributed by atoms with Gasteiger partial charge in [-0.05, 0) is 55.9 Å². The molecule has 4 aliphatic rings. The number of hydrogen-bond acceptors (Lipinski definition) is 4. The average molecular weight is 383 g/mol. The second-order valence-corrected chi connectivity index (χ2v) is 8.30. The predicted molar refractivity (Wildman–Crippen MR) is 90.8 cm³/mol. The van der Waals surface area contributed by atoms with E-state index in [4.69, 9.17) is 26.2 Å². The van der Waals surface area contributed by atoms with Crippen molar-refractivity contribution < 1.29 is 28.6 Å². The van der Waals surface area contributed by atoms with Crippen molar-refractivity contribution in [3.05, 3.63) is 28.5 Å². The minimum Gasteiger partial charge on any atom is -0.488 e. The third kappa shape index (κ3) is 2.66. The van der Waals surface area contributed by atoms with Crippen molar-refractivity contribution in [3.63, 3.8) is 0 Å². The van der Waals surface area contributed by atoms with Gasteiger partial charge in [0.25, 0.3) is 0 Å². The summed E-state index contributed by atoms with van der Waals surface area (Å²) < 4.78 is 25.2. The summed E-state index contributed by atoms with van der Waals surface area (Å²) >= 11 is 6.13. The van der Waals surface area contributed by atoms with Gasteiger partial charge in [-0.15, -0.1) is 0 Å². The minimum atomic E-state index is -1.37. The fourth-order valence-corrected chi connectivity index (χ4v) is 5.77. The number of rotatable bonds is 4. The maximum atomic E-state index is 14.0. The van der Waals surface area contributed by atoms with Crippen LogP contribution < -0.4 is 4.74 Å². The quantitative estimate of drug-likeness (QED) is 0.799. The van der Waals surface area contributed by atoms with Gasteiger partial charge in [0.15, 0.2) is 0 Å². The van der Waals surface area contributed by atoms with Crippen LogP contribution in [0.3, 0.4) is 0 Å². The molecule has 140 valence electrons. The van der Waals surface area contributed by atoms with Gasteiger partial charge in [0.05, 0.1) is 23.1 Å². The van der Waals surface area contributed by atoms with Crippen LogP contribution in [-0.4, -0.2) is 30.3 Å². The Morgan fingerprint density at radius 3 is 2.46 bits per heavy atom. The number of carbonyl (C=O) groups is 2. The summed E-state index contributed by atoms with van der Waals surface area (Å²) in [7, 11) is 1.43. The number of carbonyl (C=O) groups excluding carboxylic acids is 1. The van der Waals surface area contributed by atoms with Gasteiger partial charge in [0.1, 0.15) is 17.7 Å². The third-order valence-electron chi connectivity index (χ3n) is 6.32. The molecule has 5 nitrogen and oxygen atoms in total. The molecule has 1 aromatic carbocycles. The molecule has 2 unspecified atom stereocenters. The van der Waals surface area contributed by atoms with Gasteiger partial charge < -0.3 is 14.6 Å². The predicted octanol–water partition coefficient (Wildman–Crippen LogP) is 3.92. The largest absolute Gasteiger partial charge is 0.488 e. The summed E-state index contributed by atoms with van der Waals surface area (Å²) in [4.78, 5) is 23.4. The number of ether oxygens (including phenoxy) is 2. The van der Waals surface area contributed by atoms with E-state index < -0.39 is 22.8 Å². The number of halogens is 2. The normalized spacial score (nSPS) is 34.6. The van der Waals surface area contributed by atoms with Crippen LogP contribution in [-0.2, 0) is 9.53 Å². The number of hydrogen-bond donors (Lipinski definition) is 1. The first kappa shape index (κ1) is 17.6. The Morgan fingerprint density at radius 2 is 1.88 bits per heavy atom. The van der Waals surface area contributed by atoms with Crippen LogP contribution in [0.15, 0.2) is 12.1 Å². The standard InChI is InChI=1S/C19H20ClFO5/c1-25-18(24)19-6-9-2-10(7-19)16(11(3-9)8-19)26-15-5-14(21)12(17(22)23)4-13(15)20/h4-5,9-11,16H,2-3,6-8H2,1H3,(H,22,23). The van der Waals surface area contributed by atoms with Crippen LogP contribution in [0, 0.1) is 29.0 Å². The molecule has 0 aromatic heterocycles. The van der Waals surface area contributed by atoms with Crippen molar-refractivity contribution in [1.82, 2.24) is 0 Å². The zero-order valence-electron chi connectivity index (χ0n) is 14.3. The lowest BCUT2D eigenvalue weighted by molar-refractivity contribution is -0.179. The Bertz CT molecular complexity index is 763. The van der Waals surface area contributed by atoms with E-state index in [-0.39, 0.29) is 34.7 Å². The third-order valence-corrected chi connectivity index (χ3v) is 6.62. The molecule has 4 bridgehead atoms. The molecule has 4 aliphatic carbocycles. The van der Waals surface area contributed by atoms with Crippen LogP contribution in [0.25, 0.3) is 0 Å². The fraction of sp³-hybridized carbons (Fsp3) is 0.579. The second-order valence-electron chi connectivity index (χ2n) is 7.89. The molecular weight excluding hydrogens is 363 g/mol. The van der Waals surface area contributed by atoms with E-state index in [9.17, 15) is 14.0 Å². The highest BCUT2D eigenvalue weighted by Crippen LogP contribution is 2.61. The molecule has 0 heterocycles. The van der Waals surface area contributed by atoms with Crippen molar-refractivity contribution in [3.8, 4) is 5.75 Å². The molecule has 26 heavy (non-hydrogen) atoms. The highest BCUT2D eigenvalue weighted by molar-refractivity contribution is 6.32. The highest BCUT2D eigenvalue weighted by Gasteiger charge is 2.60. The lowest BCUT2D eigenvalue weighted by atomic mass is 9.48. The fourth-order valence-electron chi connectivity index (χ4n) is 5.57. The summed E-state index contributed by atoms with van der Waals surface area (Å²) in [6.07, 6.45) is 4.12. The number of methoxy groups -OCH3 is 1. The smallest absolute Gasteiger partial charge is 0.338 e. The second kappa shape index (κ2) is 6.12. The zero-order valence-corrected chi connectivity index (χ0v) is 15.1. The molecule has 7 heteroatoms. The summed E-state index contributed by atoms with van der Waals surface area (Å²) in [5.74, 6) is -1.33. The molecule has 0 radical (unpaired) electrons. The molecule has 4 saturated carbocycles. The van der Waals surface area contributed by atoms with Crippen LogP contribution >= 0.6 is 11.6 Å². The Kier molecular flexibility index (Phi) is 4.14. The number of carboxylic acid groups (broad SMARTS) is 1. The van der Waals surface area contributed by atoms with E-state index in [2.05, 4.69) is 0 Å². The number of aromatic carboxylic acids is 1. The summed E-state index contributed by atoms with van der Waals surface area (Å²) in [6.45, 7) is 0. The molecule has 0 aliphatic heterocycles. The van der Waals surface area contributed by atoms with Gasteiger partial charge in [-0.25, -0.2) is 9.18 Å². The first-order valence-corrected chi connectivity index (χ1v) is 9.18. The summed E-state index contributed by atoms with van der Waals surface area (Å²) in [5.41, 5.74) is -0.884. The Balaban J connectivity index is 1.59. The van der Waals surface area contributed by atoms with Crippen molar-refractivity contribution >= 4 is 23.5 Å². The molecule has 2 atom stereocenters. The van der Waals surface area contributed by atoms with Gasteiger partial charge in [-0.3, -0.25) is 4.79 Å². The van der Waals surface area contributed by atoms with E-state index in [0.29, 0.717) is 18.8 Å². The van der Waals surface area contributed by atoms with Gasteiger partial charge >= 0.3 is 11.9 Å². The topological polar surface area (TPSA) is 72.8 Å². The van der Waals surface area contributed by atoms with Crippen LogP contribution in [0.5, 0.6) is 5.75 Å². The Morgan fingerprint density at radius 1 is 1.23 bits per heavy atom. The van der Waals surface area contributed by atoms with Crippen molar-refractivity contribution in [2.24, 2.45) is 23.2 Å². The van der Waals surface area contributed by atoms with E-state index in [1.54, 1.807) is 0 Å². The first-order valence-electron chi connectivity index (χ1n) is 8.80. The van der Waals surface area contributed by atoms with Crippen LogP contribution in [0.4, 0.5) is 4.39 Å². The molecule has 1 N–H and O–H groups in total. The molecule has 1 aromatic rings. The molecular formula is C19H20ClFO5. The van der Waals surface area contributed by atoms with E-state index in [1.807, 2.05) is 0 Å². The van der Waals surface area contributed by atoms with E-state index in [1.165, 1.54) is 7.11 Å². The first-order chi connectivity index (χ1) is 12.3. The molecule has 4 fully saturated rings. The van der Waals surface area contributed by atoms with Crippen LogP contribution in [0.2, 0.25) is 5.02 Å². The lowest BCUT2D eigenvalue weighted by Gasteiger charge is -2.58. The SMILES string of the molecule is COC(=O)C12CC3CC(C1)C(Oc1cc(F)c(C(=O)O)cc1Cl)C(C3)C2. The van der Waals surface area contributed by atoms with Crippen molar-refractivity contribution in [1.29, 1.82) is 0 Å². The summed E-state index contributed by atoms with van der Waals surface area (Å²) in [5, 5.41) is 9.07. The number of benzene rings is 1. The van der Waals surface area contributed by atoms with Gasteiger partial charge in [0.2, 0.25) is 0 Å². The minimum absolute atomic E-state index is 0.0836. The Hall–Kier alpha value is -1.82. The number of carboxylic acids is 1. The van der Waals surface area contributed by atoms with E-state index >= 15 is 0 Å². The van der Waals surface area contributed by atoms with Gasteiger partial charge in [-0.2, -0.15) is 0 Å². The van der Waals surface area contributed by atoms with Crippen molar-refractivity contribution in [2.75, 3.05) is 7.11 Å². The lowest BCUT2D eigenvalue weighted by Crippen LogP contribution is -2.58. The van der Waals surface area contributed by atoms with Crippen molar-refractivity contribution in [2.45, 2.75) is 38.2 Å². The molecule has 0 spiro atoms. The average Bonchev–Trinajstić information content (AvgIpc) is 2.59. The maximum absolute atomic E-state index is 14.0. The highest BCUT2D eigenvalue weighted by atomic mass is 35.5.